The van der Waals surface area contributed by atoms with E-state index in [1.54, 1.807) is 6.92 Å². The fourth-order valence-corrected chi connectivity index (χ4v) is 2.65. The highest BCUT2D eigenvalue weighted by Gasteiger charge is 2.21. The maximum Gasteiger partial charge on any atom is 0.355 e. The lowest BCUT2D eigenvalue weighted by molar-refractivity contribution is -0.213. The minimum atomic E-state index is -0.821. The van der Waals surface area contributed by atoms with Gasteiger partial charge in [0.2, 0.25) is 0 Å². The molecule has 0 bridgehead atoms. The van der Waals surface area contributed by atoms with Gasteiger partial charge in [-0.25, -0.2) is 4.79 Å². The number of nitrogens with one attached hydrogen (secondary N) is 2. The van der Waals surface area contributed by atoms with Crippen LogP contribution >= 0.6 is 24.0 Å². The van der Waals surface area contributed by atoms with Gasteiger partial charge in [0.15, 0.2) is 11.5 Å². The smallest absolute Gasteiger partial charge is 0.355 e. The van der Waals surface area contributed by atoms with Crippen molar-refractivity contribution >= 4 is 47.5 Å². The van der Waals surface area contributed by atoms with Crippen LogP contribution in [0.1, 0.15) is 53.0 Å². The van der Waals surface area contributed by atoms with E-state index in [4.69, 9.17) is 20.8 Å². The van der Waals surface area contributed by atoms with E-state index in [-0.39, 0.29) is 59.1 Å². The van der Waals surface area contributed by atoms with E-state index in [1.165, 1.54) is 49.6 Å². The van der Waals surface area contributed by atoms with Crippen molar-refractivity contribution < 1.29 is 28.9 Å². The van der Waals surface area contributed by atoms with Crippen molar-refractivity contribution in [2.75, 3.05) is 7.11 Å². The zero-order chi connectivity index (χ0) is 23.0. The summed E-state index contributed by atoms with van der Waals surface area (Å²) in [5.41, 5.74) is 6.43. The molecule has 0 aliphatic carbocycles. The first-order chi connectivity index (χ1) is 14.8. The average molecular weight is 555 g/mol. The molecule has 10 heteroatoms. The normalized spacial score (nSPS) is 10.8. The van der Waals surface area contributed by atoms with Gasteiger partial charge < -0.3 is 15.8 Å². The first-order valence-electron chi connectivity index (χ1n) is 9.61. The zero-order valence-corrected chi connectivity index (χ0v) is 20.3. The molecule has 0 saturated carbocycles. The first kappa shape index (κ1) is 26.9. The van der Waals surface area contributed by atoms with Crippen molar-refractivity contribution in [1.82, 2.24) is 5.32 Å². The van der Waals surface area contributed by atoms with Crippen LogP contribution in [-0.2, 0) is 9.68 Å². The standard InChI is InChI=1S/C22H25N3O6.HI/c1-4-5-19(26)31-30-16-9-6-14(7-10-16)20(27)13(2)25-22(28)17-11-8-15(21(23)24)12-18(17)29-3;/h6-13H,4-5H2,1-3H3,(H3,23,24)(H,25,28);1H. The summed E-state index contributed by atoms with van der Waals surface area (Å²) in [7, 11) is 1.40. The van der Waals surface area contributed by atoms with Crippen LogP contribution < -0.4 is 20.7 Å². The molecule has 0 saturated heterocycles. The Morgan fingerprint density at radius 1 is 1.09 bits per heavy atom. The Bertz CT molecular complexity index is 978. The lowest BCUT2D eigenvalue weighted by atomic mass is 10.0. The summed E-state index contributed by atoms with van der Waals surface area (Å²) in [4.78, 5) is 46.2. The van der Waals surface area contributed by atoms with Crippen LogP contribution in [0.2, 0.25) is 0 Å². The Hall–Kier alpha value is -3.15. The Morgan fingerprint density at radius 2 is 1.72 bits per heavy atom. The van der Waals surface area contributed by atoms with Gasteiger partial charge in [0, 0.05) is 17.5 Å². The second-order valence-corrected chi connectivity index (χ2v) is 6.70. The number of carbonyl (C=O) groups excluding carboxylic acids is 3. The topological polar surface area (TPSA) is 141 Å². The molecule has 0 heterocycles. The van der Waals surface area contributed by atoms with Gasteiger partial charge in [0.25, 0.3) is 5.91 Å². The number of halogens is 1. The van der Waals surface area contributed by atoms with E-state index in [2.05, 4.69) is 10.2 Å². The molecule has 0 aliphatic heterocycles. The summed E-state index contributed by atoms with van der Waals surface area (Å²) >= 11 is 0. The van der Waals surface area contributed by atoms with Crippen molar-refractivity contribution in [3.63, 3.8) is 0 Å². The molecule has 4 N–H and O–H groups in total. The van der Waals surface area contributed by atoms with Gasteiger partial charge in [-0.1, -0.05) is 13.0 Å². The van der Waals surface area contributed by atoms with Crippen LogP contribution in [0.15, 0.2) is 42.5 Å². The van der Waals surface area contributed by atoms with Crippen LogP contribution in [0.3, 0.4) is 0 Å². The fourth-order valence-electron chi connectivity index (χ4n) is 2.65. The quantitative estimate of drug-likeness (QED) is 0.102. The molecular formula is C22H26IN3O6. The van der Waals surface area contributed by atoms with Crippen molar-refractivity contribution in [2.24, 2.45) is 5.73 Å². The number of ether oxygens (including phenoxy) is 1. The van der Waals surface area contributed by atoms with E-state index < -0.39 is 17.9 Å². The minimum absolute atomic E-state index is 0. The summed E-state index contributed by atoms with van der Waals surface area (Å²) in [6.45, 7) is 3.41. The number of Topliss-reactive ketones (excluding diaryl/α,β-unsaturated/α-hetero) is 1. The molecule has 2 rings (SSSR count). The van der Waals surface area contributed by atoms with E-state index in [0.717, 1.165) is 0 Å². The Morgan fingerprint density at radius 3 is 2.28 bits per heavy atom. The van der Waals surface area contributed by atoms with Crippen molar-refractivity contribution in [1.29, 1.82) is 5.41 Å². The van der Waals surface area contributed by atoms with Crippen LogP contribution in [0.25, 0.3) is 0 Å². The molecule has 0 fully saturated rings. The molecule has 0 aromatic heterocycles. The predicted molar refractivity (Wildman–Crippen MR) is 129 cm³/mol. The molecule has 0 spiro atoms. The summed E-state index contributed by atoms with van der Waals surface area (Å²) in [6.07, 6.45) is 0.891. The molecule has 2 aromatic carbocycles. The molecule has 172 valence electrons. The molecular weight excluding hydrogens is 529 g/mol. The number of nitrogens with two attached hydrogens (primary N) is 1. The Kier molecular flexibility index (Phi) is 10.6. The van der Waals surface area contributed by atoms with Gasteiger partial charge in [-0.05, 0) is 49.7 Å². The van der Waals surface area contributed by atoms with Crippen LogP contribution in [-0.4, -0.2) is 36.6 Å². The highest BCUT2D eigenvalue weighted by Crippen LogP contribution is 2.21. The molecule has 0 aliphatic rings. The van der Waals surface area contributed by atoms with Crippen LogP contribution in [0, 0.1) is 5.41 Å². The SMILES string of the molecule is CCCC(=O)OOc1ccc(C(=O)C(C)NC(=O)c2ccc(C(=N)N)cc2OC)cc1.I. The molecule has 2 aromatic rings. The number of carbonyl (C=O) groups is 3. The average Bonchev–Trinajstić information content (AvgIpc) is 2.77. The number of methoxy groups -OCH3 is 1. The van der Waals surface area contributed by atoms with Gasteiger partial charge in [0.05, 0.1) is 18.7 Å². The lowest BCUT2D eigenvalue weighted by Gasteiger charge is -2.15. The number of nitrogen functional groups attached to an aromatic ring is 1. The number of amides is 1. The monoisotopic (exact) mass is 555 g/mol. The number of hydrogen-bond acceptors (Lipinski definition) is 7. The number of rotatable bonds is 10. The van der Waals surface area contributed by atoms with Crippen molar-refractivity contribution in [3.8, 4) is 11.5 Å². The van der Waals surface area contributed by atoms with E-state index >= 15 is 0 Å². The van der Waals surface area contributed by atoms with Crippen LogP contribution in [0.4, 0.5) is 0 Å². The lowest BCUT2D eigenvalue weighted by Crippen LogP contribution is -2.38. The molecule has 9 nitrogen and oxygen atoms in total. The van der Waals surface area contributed by atoms with Crippen molar-refractivity contribution in [3.05, 3.63) is 59.2 Å². The Balaban J connectivity index is 0.00000512. The van der Waals surface area contributed by atoms with E-state index in [9.17, 15) is 14.4 Å². The molecule has 32 heavy (non-hydrogen) atoms. The van der Waals surface area contributed by atoms with Gasteiger partial charge in [-0.3, -0.25) is 24.8 Å². The third-order valence-electron chi connectivity index (χ3n) is 4.32. The van der Waals surface area contributed by atoms with E-state index in [1.807, 2.05) is 6.92 Å². The molecule has 1 amide bonds. The minimum Gasteiger partial charge on any atom is -0.496 e. The van der Waals surface area contributed by atoms with Gasteiger partial charge >= 0.3 is 5.97 Å². The molecule has 1 atom stereocenters. The highest BCUT2D eigenvalue weighted by molar-refractivity contribution is 14.0. The van der Waals surface area contributed by atoms with E-state index in [0.29, 0.717) is 17.5 Å². The second kappa shape index (κ2) is 12.6. The number of benzene rings is 2. The predicted octanol–water partition coefficient (Wildman–Crippen LogP) is 3.24. The third kappa shape index (κ3) is 7.22. The van der Waals surface area contributed by atoms with Gasteiger partial charge in [-0.2, -0.15) is 0 Å². The largest absolute Gasteiger partial charge is 0.496 e. The summed E-state index contributed by atoms with van der Waals surface area (Å²) in [5, 5.41) is 10.1. The number of amidine groups is 1. The number of ketones is 1. The molecule has 1 unspecified atom stereocenters. The first-order valence-corrected chi connectivity index (χ1v) is 9.61. The van der Waals surface area contributed by atoms with Crippen LogP contribution in [0.5, 0.6) is 11.5 Å². The summed E-state index contributed by atoms with van der Waals surface area (Å²) < 4.78 is 5.20. The maximum absolute atomic E-state index is 12.7. The van der Waals surface area contributed by atoms with Crippen molar-refractivity contribution in [2.45, 2.75) is 32.7 Å². The fraction of sp³-hybridized carbons (Fsp3) is 0.273. The summed E-state index contributed by atoms with van der Waals surface area (Å²) in [6, 6.07) is 9.67. The highest BCUT2D eigenvalue weighted by atomic mass is 127. The molecule has 0 radical (unpaired) electrons. The summed E-state index contributed by atoms with van der Waals surface area (Å²) in [5.74, 6) is -0.943. The maximum atomic E-state index is 12.7. The Labute approximate surface area is 203 Å². The van der Waals surface area contributed by atoms with Gasteiger partial charge in [0.1, 0.15) is 11.6 Å². The number of hydrogen-bond donors (Lipinski definition) is 3. The zero-order valence-electron chi connectivity index (χ0n) is 18.0. The second-order valence-electron chi connectivity index (χ2n) is 6.70. The third-order valence-corrected chi connectivity index (χ3v) is 4.32. The van der Waals surface area contributed by atoms with Gasteiger partial charge in [-0.15, -0.1) is 24.0 Å².